The zero-order valence-electron chi connectivity index (χ0n) is 8.60. The summed E-state index contributed by atoms with van der Waals surface area (Å²) >= 11 is 0. The molecule has 0 aromatic heterocycles. The van der Waals surface area contributed by atoms with Crippen molar-refractivity contribution in [3.05, 3.63) is 0 Å². The lowest BCUT2D eigenvalue weighted by molar-refractivity contribution is -0.117. The van der Waals surface area contributed by atoms with Crippen molar-refractivity contribution in [2.24, 2.45) is 5.73 Å². The second-order valence-electron chi connectivity index (χ2n) is 3.58. The molecular formula is C8H16N2O4S. The number of piperidine rings is 1. The van der Waals surface area contributed by atoms with E-state index in [-0.39, 0.29) is 6.10 Å². The van der Waals surface area contributed by atoms with Crippen LogP contribution in [-0.4, -0.2) is 38.8 Å². The Morgan fingerprint density at radius 1 is 1.47 bits per heavy atom. The second kappa shape index (κ2) is 4.91. The SMILES string of the molecule is CC(C(N)=O)S(=O)(=O)OC1CCNCC1. The van der Waals surface area contributed by atoms with Crippen molar-refractivity contribution < 1.29 is 17.4 Å². The second-order valence-corrected chi connectivity index (χ2v) is 5.47. The van der Waals surface area contributed by atoms with E-state index >= 15 is 0 Å². The highest BCUT2D eigenvalue weighted by Crippen LogP contribution is 2.14. The zero-order valence-corrected chi connectivity index (χ0v) is 9.42. The number of amides is 1. The van der Waals surface area contributed by atoms with E-state index in [0.29, 0.717) is 12.8 Å². The lowest BCUT2D eigenvalue weighted by Gasteiger charge is -2.23. The third-order valence-corrected chi connectivity index (χ3v) is 4.03. The van der Waals surface area contributed by atoms with E-state index in [1.54, 1.807) is 0 Å². The van der Waals surface area contributed by atoms with E-state index in [4.69, 9.17) is 9.92 Å². The monoisotopic (exact) mass is 236 g/mol. The minimum atomic E-state index is -3.86. The van der Waals surface area contributed by atoms with E-state index in [2.05, 4.69) is 5.32 Å². The molecule has 0 aromatic carbocycles. The molecule has 0 spiro atoms. The first-order chi connectivity index (χ1) is 6.93. The van der Waals surface area contributed by atoms with Crippen LogP contribution in [0, 0.1) is 0 Å². The Labute approximate surface area is 89.3 Å². The molecule has 0 radical (unpaired) electrons. The van der Waals surface area contributed by atoms with Gasteiger partial charge in [-0.1, -0.05) is 0 Å². The molecule has 1 aliphatic rings. The molecule has 6 nitrogen and oxygen atoms in total. The summed E-state index contributed by atoms with van der Waals surface area (Å²) < 4.78 is 27.9. The van der Waals surface area contributed by atoms with Gasteiger partial charge in [-0.25, -0.2) is 0 Å². The number of carbonyl (C=O) groups is 1. The normalized spacial score (nSPS) is 21.1. The van der Waals surface area contributed by atoms with Gasteiger partial charge in [0.25, 0.3) is 10.1 Å². The molecule has 0 aliphatic carbocycles. The van der Waals surface area contributed by atoms with Gasteiger partial charge in [-0.15, -0.1) is 0 Å². The van der Waals surface area contributed by atoms with Gasteiger partial charge in [0.05, 0.1) is 6.10 Å². The summed E-state index contributed by atoms with van der Waals surface area (Å²) in [5.74, 6) is -0.885. The zero-order chi connectivity index (χ0) is 11.5. The predicted molar refractivity (Wildman–Crippen MR) is 54.6 cm³/mol. The molecule has 7 heteroatoms. The van der Waals surface area contributed by atoms with Gasteiger partial charge in [0.1, 0.15) is 0 Å². The van der Waals surface area contributed by atoms with Gasteiger partial charge in [0.2, 0.25) is 5.91 Å². The number of nitrogens with two attached hydrogens (primary N) is 1. The maximum Gasteiger partial charge on any atom is 0.279 e. The van der Waals surface area contributed by atoms with Crippen molar-refractivity contribution in [1.29, 1.82) is 0 Å². The van der Waals surface area contributed by atoms with Crippen LogP contribution in [0.3, 0.4) is 0 Å². The Hall–Kier alpha value is -0.660. The van der Waals surface area contributed by atoms with Gasteiger partial charge >= 0.3 is 0 Å². The predicted octanol–water partition coefficient (Wildman–Crippen LogP) is -1.04. The first-order valence-electron chi connectivity index (χ1n) is 4.85. The number of primary amides is 1. The summed E-state index contributed by atoms with van der Waals surface area (Å²) in [5.41, 5.74) is 4.92. The topological polar surface area (TPSA) is 98.5 Å². The average Bonchev–Trinajstić information content (AvgIpc) is 2.17. The standard InChI is InChI=1S/C8H16N2O4S/c1-6(8(9)11)15(12,13)14-7-2-4-10-5-3-7/h6-7,10H,2-5H2,1H3,(H2,9,11). The number of nitrogens with one attached hydrogen (secondary N) is 1. The van der Waals surface area contributed by atoms with Crippen LogP contribution < -0.4 is 11.1 Å². The van der Waals surface area contributed by atoms with Crippen molar-refractivity contribution in [3.8, 4) is 0 Å². The fourth-order valence-corrected chi connectivity index (χ4v) is 2.33. The quantitative estimate of drug-likeness (QED) is 0.607. The molecule has 1 saturated heterocycles. The maximum atomic E-state index is 11.5. The lowest BCUT2D eigenvalue weighted by Crippen LogP contribution is -2.39. The van der Waals surface area contributed by atoms with Crippen LogP contribution in [0.1, 0.15) is 19.8 Å². The number of hydrogen-bond donors (Lipinski definition) is 2. The fraction of sp³-hybridized carbons (Fsp3) is 0.875. The summed E-state index contributed by atoms with van der Waals surface area (Å²) in [6, 6.07) is 0. The molecule has 0 aromatic rings. The Bertz CT molecular complexity index is 322. The molecule has 1 unspecified atom stereocenters. The van der Waals surface area contributed by atoms with Crippen LogP contribution in [0.15, 0.2) is 0 Å². The van der Waals surface area contributed by atoms with E-state index < -0.39 is 21.3 Å². The van der Waals surface area contributed by atoms with Gasteiger partial charge in [-0.05, 0) is 32.9 Å². The van der Waals surface area contributed by atoms with Crippen molar-refractivity contribution in [3.63, 3.8) is 0 Å². The summed E-state index contributed by atoms with van der Waals surface area (Å²) in [5, 5.41) is 1.80. The molecule has 3 N–H and O–H groups in total. The van der Waals surface area contributed by atoms with Crippen LogP contribution in [0.2, 0.25) is 0 Å². The molecule has 1 fully saturated rings. The first kappa shape index (κ1) is 12.4. The summed E-state index contributed by atoms with van der Waals surface area (Å²) in [6.07, 6.45) is 0.924. The van der Waals surface area contributed by atoms with Gasteiger partial charge in [-0.3, -0.25) is 8.98 Å². The molecule has 1 aliphatic heterocycles. The Balaban J connectivity index is 2.58. The highest BCUT2D eigenvalue weighted by Gasteiger charge is 2.30. The van der Waals surface area contributed by atoms with Gasteiger partial charge in [0, 0.05) is 0 Å². The molecule has 88 valence electrons. The minimum absolute atomic E-state index is 0.335. The van der Waals surface area contributed by atoms with E-state index in [1.165, 1.54) is 6.92 Å². The smallest absolute Gasteiger partial charge is 0.279 e. The largest absolute Gasteiger partial charge is 0.368 e. The molecule has 0 bridgehead atoms. The lowest BCUT2D eigenvalue weighted by atomic mass is 10.1. The van der Waals surface area contributed by atoms with Crippen molar-refractivity contribution >= 4 is 16.0 Å². The van der Waals surface area contributed by atoms with Crippen LogP contribution in [-0.2, 0) is 19.1 Å². The Morgan fingerprint density at radius 3 is 2.47 bits per heavy atom. The molecule has 15 heavy (non-hydrogen) atoms. The van der Waals surface area contributed by atoms with E-state index in [0.717, 1.165) is 13.1 Å². The Kier molecular flexibility index (Phi) is 4.06. The minimum Gasteiger partial charge on any atom is -0.368 e. The molecule has 1 rings (SSSR count). The number of rotatable bonds is 4. The van der Waals surface area contributed by atoms with Gasteiger partial charge in [-0.2, -0.15) is 8.42 Å². The summed E-state index contributed by atoms with van der Waals surface area (Å²) in [6.45, 7) is 2.69. The van der Waals surface area contributed by atoms with Gasteiger partial charge < -0.3 is 11.1 Å². The molecule has 0 saturated carbocycles. The fourth-order valence-electron chi connectivity index (χ4n) is 1.31. The van der Waals surface area contributed by atoms with Gasteiger partial charge in [0.15, 0.2) is 5.25 Å². The third kappa shape index (κ3) is 3.44. The highest BCUT2D eigenvalue weighted by molar-refractivity contribution is 7.88. The van der Waals surface area contributed by atoms with Crippen molar-refractivity contribution in [2.45, 2.75) is 31.1 Å². The van der Waals surface area contributed by atoms with Crippen LogP contribution in [0.4, 0.5) is 0 Å². The maximum absolute atomic E-state index is 11.5. The summed E-state index contributed by atoms with van der Waals surface area (Å²) in [7, 11) is -3.86. The number of hydrogen-bond acceptors (Lipinski definition) is 5. The molecule has 1 amide bonds. The summed E-state index contributed by atoms with van der Waals surface area (Å²) in [4.78, 5) is 10.7. The average molecular weight is 236 g/mol. The van der Waals surface area contributed by atoms with E-state index in [1.807, 2.05) is 0 Å². The van der Waals surface area contributed by atoms with Crippen molar-refractivity contribution in [2.75, 3.05) is 13.1 Å². The Morgan fingerprint density at radius 2 is 2.00 bits per heavy atom. The number of carbonyl (C=O) groups excluding carboxylic acids is 1. The van der Waals surface area contributed by atoms with Crippen LogP contribution in [0.5, 0.6) is 0 Å². The highest BCUT2D eigenvalue weighted by atomic mass is 32.2. The molecule has 1 heterocycles. The van der Waals surface area contributed by atoms with Crippen LogP contribution in [0.25, 0.3) is 0 Å². The first-order valence-corrected chi connectivity index (χ1v) is 6.33. The third-order valence-electron chi connectivity index (χ3n) is 2.39. The molecular weight excluding hydrogens is 220 g/mol. The molecule has 1 atom stereocenters. The van der Waals surface area contributed by atoms with Crippen LogP contribution >= 0.6 is 0 Å². The van der Waals surface area contributed by atoms with Crippen molar-refractivity contribution in [1.82, 2.24) is 5.32 Å². The van der Waals surface area contributed by atoms with E-state index in [9.17, 15) is 13.2 Å².